The van der Waals surface area contributed by atoms with E-state index in [0.717, 1.165) is 61.3 Å². The van der Waals surface area contributed by atoms with Crippen LogP contribution >= 0.6 is 0 Å². The van der Waals surface area contributed by atoms with Crippen molar-refractivity contribution in [1.29, 1.82) is 0 Å². The second kappa shape index (κ2) is 16.2. The number of para-hydroxylation sites is 4. The van der Waals surface area contributed by atoms with Crippen molar-refractivity contribution in [2.24, 2.45) is 0 Å². The van der Waals surface area contributed by atoms with Crippen LogP contribution in [0.2, 0.25) is 0 Å². The highest BCUT2D eigenvalue weighted by atomic mass is 19.2. The third kappa shape index (κ3) is 7.45. The van der Waals surface area contributed by atoms with E-state index in [9.17, 15) is 13.2 Å². The molecule has 0 N–H and O–H groups in total. The maximum absolute atomic E-state index is 15.8. The van der Waals surface area contributed by atoms with Crippen molar-refractivity contribution >= 4 is 44.6 Å². The van der Waals surface area contributed by atoms with Crippen molar-refractivity contribution in [3.05, 3.63) is 191 Å². The molecule has 0 aliphatic carbocycles. The summed E-state index contributed by atoms with van der Waals surface area (Å²) in [7, 11) is 0. The van der Waals surface area contributed by atoms with Crippen LogP contribution in [0.3, 0.4) is 0 Å². The topological polar surface area (TPSA) is 33.5 Å². The van der Waals surface area contributed by atoms with Gasteiger partial charge >= 0.3 is 0 Å². The molecule has 0 saturated carbocycles. The Hall–Kier alpha value is -7.46. The van der Waals surface area contributed by atoms with E-state index in [1.165, 1.54) is 6.07 Å². The van der Waals surface area contributed by atoms with Gasteiger partial charge in [0.05, 0.1) is 33.7 Å². The Labute approximate surface area is 386 Å². The highest BCUT2D eigenvalue weighted by Crippen LogP contribution is 2.52. The van der Waals surface area contributed by atoms with E-state index >= 15 is 8.78 Å². The lowest BCUT2D eigenvalue weighted by molar-refractivity contribution is 0.381. The van der Waals surface area contributed by atoms with Crippen LogP contribution in [0.15, 0.2) is 146 Å². The summed E-state index contributed by atoms with van der Waals surface area (Å²) < 4.78 is 85.0. The number of nitrogens with zero attached hydrogens (tertiary/aromatic N) is 4. The normalized spacial score (nSPS) is 13.0. The monoisotopic (exact) mass is 898 g/mol. The maximum Gasteiger partial charge on any atom is 0.200 e. The fourth-order valence-electron chi connectivity index (χ4n) is 9.36. The Bertz CT molecular complexity index is 3410. The van der Waals surface area contributed by atoms with Crippen LogP contribution in [-0.2, 0) is 10.8 Å². The van der Waals surface area contributed by atoms with Gasteiger partial charge in [-0.25, -0.2) is 26.9 Å². The van der Waals surface area contributed by atoms with Crippen LogP contribution in [-0.4, -0.2) is 16.2 Å². The lowest BCUT2D eigenvalue weighted by atomic mass is 9.83. The molecule has 0 amide bonds. The van der Waals surface area contributed by atoms with E-state index in [4.69, 9.17) is 9.72 Å². The highest BCUT2D eigenvalue weighted by molar-refractivity contribution is 6.09. The summed E-state index contributed by atoms with van der Waals surface area (Å²) in [6.45, 7) is 14.6. The number of benzene rings is 7. The van der Waals surface area contributed by atoms with Crippen LogP contribution in [0.25, 0.3) is 49.9 Å². The fourth-order valence-corrected chi connectivity index (χ4v) is 9.36. The highest BCUT2D eigenvalue weighted by Gasteiger charge is 2.36. The second-order valence-electron chi connectivity index (χ2n) is 19.2. The standard InChI is InChI=1S/C57H47F5N4O/c1-33-15-8-9-16-39(33)34-27-36(30-38(28-34)67-37-23-24-41-40-17-10-11-20-44(40)66(47(41)31-37)48-29-35(25-26-63-48)56(2,3)4)64-32-65(46-22-13-12-21-45(46)64)55-42(18-14-19-43(55)57(5,6)7)49-50(58)52(60)54(62)53(61)51(49)59/h8-31H,32H2,1-7H3. The van der Waals surface area contributed by atoms with Crippen LogP contribution < -0.4 is 14.5 Å². The number of hydrogen-bond acceptors (Lipinski definition) is 4. The number of pyridine rings is 1. The van der Waals surface area contributed by atoms with Crippen molar-refractivity contribution < 1.29 is 26.7 Å². The van der Waals surface area contributed by atoms with Gasteiger partial charge in [-0.3, -0.25) is 4.57 Å². The number of fused-ring (bicyclic) bond motifs is 4. The zero-order valence-corrected chi connectivity index (χ0v) is 38.2. The molecule has 0 saturated heterocycles. The average Bonchev–Trinajstić information content (AvgIpc) is 3.86. The van der Waals surface area contributed by atoms with E-state index in [1.807, 2.05) is 111 Å². The molecule has 67 heavy (non-hydrogen) atoms. The largest absolute Gasteiger partial charge is 0.457 e. The second-order valence-corrected chi connectivity index (χ2v) is 19.2. The molecule has 0 spiro atoms. The first-order chi connectivity index (χ1) is 32.0. The number of ether oxygens (including phenoxy) is 1. The van der Waals surface area contributed by atoms with Crippen LogP contribution in [0.5, 0.6) is 11.5 Å². The molecule has 0 fully saturated rings. The molecular weight excluding hydrogens is 852 g/mol. The zero-order valence-electron chi connectivity index (χ0n) is 38.2. The molecule has 7 aromatic carbocycles. The van der Waals surface area contributed by atoms with E-state index in [-0.39, 0.29) is 17.6 Å². The van der Waals surface area contributed by atoms with Gasteiger partial charge in [0.1, 0.15) is 24.0 Å². The molecule has 1 aliphatic rings. The maximum atomic E-state index is 15.8. The van der Waals surface area contributed by atoms with Crippen molar-refractivity contribution in [1.82, 2.24) is 9.55 Å². The molecule has 5 nitrogen and oxygen atoms in total. The molecule has 0 radical (unpaired) electrons. The lowest BCUT2D eigenvalue weighted by Crippen LogP contribution is -2.27. The van der Waals surface area contributed by atoms with Gasteiger partial charge in [-0.2, -0.15) is 0 Å². The Kier molecular flexibility index (Phi) is 10.5. The minimum Gasteiger partial charge on any atom is -0.457 e. The first-order valence-electron chi connectivity index (χ1n) is 22.2. The zero-order chi connectivity index (χ0) is 47.1. The molecule has 9 aromatic rings. The predicted molar refractivity (Wildman–Crippen MR) is 260 cm³/mol. The third-order valence-electron chi connectivity index (χ3n) is 12.7. The van der Waals surface area contributed by atoms with Gasteiger partial charge in [0, 0.05) is 40.4 Å². The Balaban J connectivity index is 1.13. The number of aryl methyl sites for hydroxylation is 1. The first-order valence-corrected chi connectivity index (χ1v) is 22.2. The van der Waals surface area contributed by atoms with Crippen LogP contribution in [0.4, 0.5) is 44.7 Å². The van der Waals surface area contributed by atoms with Gasteiger partial charge in [0.2, 0.25) is 5.82 Å². The van der Waals surface area contributed by atoms with Crippen molar-refractivity contribution in [2.75, 3.05) is 16.5 Å². The summed E-state index contributed by atoms with van der Waals surface area (Å²) >= 11 is 0. The number of rotatable bonds is 7. The Morgan fingerprint density at radius 1 is 0.537 bits per heavy atom. The minimum atomic E-state index is -2.21. The predicted octanol–water partition coefficient (Wildman–Crippen LogP) is 16.2. The van der Waals surface area contributed by atoms with Gasteiger partial charge in [-0.05, 0) is 100 Å². The van der Waals surface area contributed by atoms with E-state index in [2.05, 4.69) is 85.7 Å². The fraction of sp³-hybridized carbons (Fsp3) is 0.175. The van der Waals surface area contributed by atoms with Crippen LogP contribution in [0.1, 0.15) is 58.2 Å². The Morgan fingerprint density at radius 3 is 1.90 bits per heavy atom. The number of anilines is 4. The van der Waals surface area contributed by atoms with Gasteiger partial charge in [-0.1, -0.05) is 114 Å². The summed E-state index contributed by atoms with van der Waals surface area (Å²) in [6.07, 6.45) is 1.86. The lowest BCUT2D eigenvalue weighted by Gasteiger charge is -2.32. The molecule has 0 bridgehead atoms. The van der Waals surface area contributed by atoms with Gasteiger partial charge < -0.3 is 14.5 Å². The summed E-state index contributed by atoms with van der Waals surface area (Å²) in [5.74, 6) is -8.04. The quantitative estimate of drug-likeness (QED) is 0.0907. The van der Waals surface area contributed by atoms with Crippen molar-refractivity contribution in [3.63, 3.8) is 0 Å². The number of halogens is 5. The Morgan fingerprint density at radius 2 is 1.18 bits per heavy atom. The molecular formula is C57H47F5N4O. The SMILES string of the molecule is Cc1ccccc1-c1cc(Oc2ccc3c4ccccc4n(-c4cc(C(C)(C)C)ccn4)c3c2)cc(N2CN(c3c(-c4c(F)c(F)c(F)c(F)c4F)cccc3C(C)(C)C)c3ccccc32)c1. The molecule has 2 aromatic heterocycles. The van der Waals surface area contributed by atoms with Gasteiger partial charge in [0.25, 0.3) is 0 Å². The molecule has 10 rings (SSSR count). The number of aromatic nitrogens is 2. The van der Waals surface area contributed by atoms with Crippen molar-refractivity contribution in [3.8, 4) is 39.6 Å². The van der Waals surface area contributed by atoms with Crippen LogP contribution in [0, 0.1) is 36.0 Å². The van der Waals surface area contributed by atoms with Gasteiger partial charge in [-0.15, -0.1) is 0 Å². The van der Waals surface area contributed by atoms with Gasteiger partial charge in [0.15, 0.2) is 23.3 Å². The molecule has 10 heteroatoms. The van der Waals surface area contributed by atoms with E-state index < -0.39 is 40.1 Å². The summed E-state index contributed by atoms with van der Waals surface area (Å²) in [5, 5.41) is 2.14. The first kappa shape index (κ1) is 43.4. The molecule has 3 heterocycles. The summed E-state index contributed by atoms with van der Waals surface area (Å²) in [4.78, 5) is 8.81. The smallest absolute Gasteiger partial charge is 0.200 e. The molecule has 1 aliphatic heterocycles. The third-order valence-corrected chi connectivity index (χ3v) is 12.7. The molecule has 0 unspecified atom stereocenters. The molecule has 336 valence electrons. The average molecular weight is 899 g/mol. The summed E-state index contributed by atoms with van der Waals surface area (Å²) in [5.41, 5.74) is 7.38. The van der Waals surface area contributed by atoms with E-state index in [0.29, 0.717) is 28.4 Å². The molecule has 0 atom stereocenters. The summed E-state index contributed by atoms with van der Waals surface area (Å²) in [6, 6.07) is 45.1. The number of hydrogen-bond donors (Lipinski definition) is 0. The van der Waals surface area contributed by atoms with Crippen molar-refractivity contribution in [2.45, 2.75) is 59.3 Å². The minimum absolute atomic E-state index is 0.0903. The van der Waals surface area contributed by atoms with E-state index in [1.54, 1.807) is 6.07 Å².